The van der Waals surface area contributed by atoms with Crippen LogP contribution in [0.4, 0.5) is 13.2 Å². The molecule has 0 bridgehead atoms. The van der Waals surface area contributed by atoms with Crippen LogP contribution >= 0.6 is 0 Å². The number of alkyl halides is 3. The van der Waals surface area contributed by atoms with Crippen molar-refractivity contribution in [2.24, 2.45) is 10.9 Å². The van der Waals surface area contributed by atoms with Gasteiger partial charge in [0.05, 0.1) is 0 Å². The van der Waals surface area contributed by atoms with Crippen LogP contribution in [0.5, 0.6) is 0 Å². The third-order valence-electron chi connectivity index (χ3n) is 5.57. The Bertz CT molecular complexity index is 1100. The second-order valence-corrected chi connectivity index (χ2v) is 7.99. The van der Waals surface area contributed by atoms with E-state index in [1.165, 1.54) is 0 Å². The number of nitrogens with zero attached hydrogens (tertiary/aromatic N) is 2. The Hall–Kier alpha value is -3.61. The molecular formula is C26H23F3N2O2. The first-order chi connectivity index (χ1) is 15.8. The molecule has 3 unspecified atom stereocenters. The number of amidine groups is 1. The van der Waals surface area contributed by atoms with Crippen LogP contribution in [-0.4, -0.2) is 23.0 Å². The number of carbonyl (C=O) groups is 1. The highest BCUT2D eigenvalue weighted by Crippen LogP contribution is 2.44. The van der Waals surface area contributed by atoms with Gasteiger partial charge in [0.2, 0.25) is 0 Å². The molecule has 0 aliphatic carbocycles. The van der Waals surface area contributed by atoms with Crippen LogP contribution in [0, 0.1) is 5.92 Å². The van der Waals surface area contributed by atoms with Gasteiger partial charge in [0.15, 0.2) is 0 Å². The zero-order valence-electron chi connectivity index (χ0n) is 17.9. The van der Waals surface area contributed by atoms with E-state index in [4.69, 9.17) is 9.83 Å². The number of rotatable bonds is 6. The molecule has 3 aromatic carbocycles. The van der Waals surface area contributed by atoms with Crippen LogP contribution in [0.1, 0.15) is 35.7 Å². The molecule has 0 fully saturated rings. The lowest BCUT2D eigenvalue weighted by Crippen LogP contribution is -2.41. The molecule has 0 saturated heterocycles. The molecule has 1 aliphatic rings. The molecule has 1 aliphatic heterocycles. The quantitative estimate of drug-likeness (QED) is 0.455. The highest BCUT2D eigenvalue weighted by molar-refractivity contribution is 5.88. The fourth-order valence-corrected chi connectivity index (χ4v) is 4.06. The molecule has 4 nitrogen and oxygen atoms in total. The van der Waals surface area contributed by atoms with Crippen molar-refractivity contribution in [3.05, 3.63) is 108 Å². The van der Waals surface area contributed by atoms with E-state index >= 15 is 0 Å². The van der Waals surface area contributed by atoms with E-state index in [2.05, 4.69) is 0 Å². The number of hydrogen-bond donors (Lipinski definition) is 0. The summed E-state index contributed by atoms with van der Waals surface area (Å²) in [6, 6.07) is 26.7. The topological polar surface area (TPSA) is 41.9 Å². The zero-order chi connectivity index (χ0) is 23.4. The Labute approximate surface area is 190 Å². The molecule has 0 spiro atoms. The van der Waals surface area contributed by atoms with E-state index in [0.717, 1.165) is 16.2 Å². The molecule has 0 radical (unpaired) electrons. The summed E-state index contributed by atoms with van der Waals surface area (Å²) in [6.07, 6.45) is -4.59. The number of benzene rings is 3. The predicted molar refractivity (Wildman–Crippen MR) is 119 cm³/mol. The summed E-state index contributed by atoms with van der Waals surface area (Å²) in [7, 11) is 0. The summed E-state index contributed by atoms with van der Waals surface area (Å²) in [4.78, 5) is 21.8. The van der Waals surface area contributed by atoms with Crippen molar-refractivity contribution in [1.29, 1.82) is 0 Å². The van der Waals surface area contributed by atoms with Crippen LogP contribution in [-0.2, 0) is 16.1 Å². The largest absolute Gasteiger partial charge is 0.493 e. The molecule has 3 aromatic rings. The van der Waals surface area contributed by atoms with Gasteiger partial charge >= 0.3 is 12.1 Å². The minimum atomic E-state index is -5.13. The standard InChI is InChI=1S/C26H23F3N2O2/c1-18(17-19-11-5-2-6-12-19)24-30-22(20-13-7-3-8-14-20)23(21-15-9-4-10-16-21)31(24)33-25(32)26(27,28)29/h2-16,18,22-23H,17H2,1H3. The molecule has 4 rings (SSSR count). The van der Waals surface area contributed by atoms with E-state index in [9.17, 15) is 18.0 Å². The van der Waals surface area contributed by atoms with E-state index in [1.807, 2.05) is 73.7 Å². The first-order valence-electron chi connectivity index (χ1n) is 10.6. The normalized spacial score (nSPS) is 19.2. The first kappa shape index (κ1) is 22.6. The maximum absolute atomic E-state index is 13.2. The van der Waals surface area contributed by atoms with E-state index in [0.29, 0.717) is 17.8 Å². The third-order valence-corrected chi connectivity index (χ3v) is 5.57. The van der Waals surface area contributed by atoms with E-state index in [1.54, 1.807) is 24.3 Å². The fourth-order valence-electron chi connectivity index (χ4n) is 4.06. The number of halogens is 3. The second-order valence-electron chi connectivity index (χ2n) is 7.99. The summed E-state index contributed by atoms with van der Waals surface area (Å²) in [6.45, 7) is 1.87. The van der Waals surface area contributed by atoms with Crippen molar-refractivity contribution in [1.82, 2.24) is 5.06 Å². The lowest BCUT2D eigenvalue weighted by molar-refractivity contribution is -0.230. The molecule has 0 aromatic heterocycles. The Morgan fingerprint density at radius 1 is 0.909 bits per heavy atom. The molecule has 3 atom stereocenters. The molecule has 170 valence electrons. The Morgan fingerprint density at radius 2 is 1.42 bits per heavy atom. The van der Waals surface area contributed by atoms with Crippen molar-refractivity contribution < 1.29 is 22.8 Å². The molecule has 7 heteroatoms. The van der Waals surface area contributed by atoms with Gasteiger partial charge < -0.3 is 4.84 Å². The van der Waals surface area contributed by atoms with Crippen LogP contribution in [0.3, 0.4) is 0 Å². The molecule has 0 amide bonds. The average molecular weight is 452 g/mol. The van der Waals surface area contributed by atoms with Gasteiger partial charge in [0.1, 0.15) is 17.9 Å². The smallest absolute Gasteiger partial charge is 0.330 e. The zero-order valence-corrected chi connectivity index (χ0v) is 17.9. The number of aliphatic imine (C=N–C) groups is 1. The number of carbonyl (C=O) groups excluding carboxylic acids is 1. The van der Waals surface area contributed by atoms with E-state index in [-0.39, 0.29) is 5.92 Å². The van der Waals surface area contributed by atoms with Crippen molar-refractivity contribution in [3.8, 4) is 0 Å². The van der Waals surface area contributed by atoms with Gasteiger partial charge in [-0.3, -0.25) is 4.99 Å². The lowest BCUT2D eigenvalue weighted by atomic mass is 9.94. The Balaban J connectivity index is 1.77. The number of hydrogen-bond acceptors (Lipinski definition) is 4. The lowest BCUT2D eigenvalue weighted by Gasteiger charge is -2.31. The van der Waals surface area contributed by atoms with Gasteiger partial charge in [-0.1, -0.05) is 97.9 Å². The van der Waals surface area contributed by atoms with Crippen LogP contribution < -0.4 is 0 Å². The summed E-state index contributed by atoms with van der Waals surface area (Å²) in [5.74, 6) is -2.26. The number of hydroxylamine groups is 2. The van der Waals surface area contributed by atoms with Gasteiger partial charge in [0.25, 0.3) is 0 Å². The molecular weight excluding hydrogens is 429 g/mol. The van der Waals surface area contributed by atoms with Gasteiger partial charge in [-0.25, -0.2) is 4.79 Å². The minimum absolute atomic E-state index is 0.298. The van der Waals surface area contributed by atoms with Crippen LogP contribution in [0.25, 0.3) is 0 Å². The molecule has 1 heterocycles. The Morgan fingerprint density at radius 3 is 1.97 bits per heavy atom. The summed E-state index contributed by atoms with van der Waals surface area (Å²) in [5.41, 5.74) is 2.53. The van der Waals surface area contributed by atoms with Gasteiger partial charge in [-0.15, -0.1) is 0 Å². The maximum Gasteiger partial charge on any atom is 0.493 e. The van der Waals surface area contributed by atoms with Gasteiger partial charge in [-0.05, 0) is 23.1 Å². The SMILES string of the molecule is CC(Cc1ccccc1)C1=NC(c2ccccc2)C(c2ccccc2)N1OC(=O)C(F)(F)F. The maximum atomic E-state index is 13.2. The van der Waals surface area contributed by atoms with Crippen LogP contribution in [0.15, 0.2) is 96.0 Å². The van der Waals surface area contributed by atoms with E-state index < -0.39 is 24.2 Å². The monoisotopic (exact) mass is 452 g/mol. The fraction of sp³-hybridized carbons (Fsp3) is 0.231. The summed E-state index contributed by atoms with van der Waals surface area (Å²) in [5, 5.41) is 1.07. The van der Waals surface area contributed by atoms with Crippen LogP contribution in [0.2, 0.25) is 0 Å². The van der Waals surface area contributed by atoms with Crippen molar-refractivity contribution in [2.45, 2.75) is 31.6 Å². The molecule has 0 saturated carbocycles. The van der Waals surface area contributed by atoms with Crippen molar-refractivity contribution in [2.75, 3.05) is 0 Å². The van der Waals surface area contributed by atoms with Gasteiger partial charge in [0, 0.05) is 5.92 Å². The summed E-state index contributed by atoms with van der Waals surface area (Å²) >= 11 is 0. The average Bonchev–Trinajstić information content (AvgIpc) is 3.19. The minimum Gasteiger partial charge on any atom is -0.330 e. The highest BCUT2D eigenvalue weighted by Gasteiger charge is 2.48. The first-order valence-corrected chi connectivity index (χ1v) is 10.6. The second kappa shape index (κ2) is 9.48. The molecule has 33 heavy (non-hydrogen) atoms. The highest BCUT2D eigenvalue weighted by atomic mass is 19.4. The van der Waals surface area contributed by atoms with Crippen molar-refractivity contribution >= 4 is 11.8 Å². The Kier molecular flexibility index (Phi) is 6.49. The van der Waals surface area contributed by atoms with Gasteiger partial charge in [-0.2, -0.15) is 18.2 Å². The third kappa shape index (κ3) is 5.08. The predicted octanol–water partition coefficient (Wildman–Crippen LogP) is 6.08. The summed E-state index contributed by atoms with van der Waals surface area (Å²) < 4.78 is 39.6. The van der Waals surface area contributed by atoms with Crippen molar-refractivity contribution in [3.63, 3.8) is 0 Å². The molecule has 0 N–H and O–H groups in total.